The number of fused-ring (bicyclic) bond motifs is 1. The molecule has 7 heteroatoms. The first-order chi connectivity index (χ1) is 7.63. The van der Waals surface area contributed by atoms with Gasteiger partial charge in [-0.3, -0.25) is 4.40 Å². The molecule has 16 heavy (non-hydrogen) atoms. The zero-order chi connectivity index (χ0) is 11.7. The molecule has 3 nitrogen and oxygen atoms in total. The van der Waals surface area contributed by atoms with Gasteiger partial charge in [0.15, 0.2) is 10.8 Å². The maximum Gasteiger partial charge on any atom is 0.255 e. The van der Waals surface area contributed by atoms with Crippen molar-refractivity contribution in [3.63, 3.8) is 0 Å². The molecule has 2 aromatic heterocycles. The van der Waals surface area contributed by atoms with Gasteiger partial charge >= 0.3 is 0 Å². The Balaban J connectivity index is 2.38. The van der Waals surface area contributed by atoms with Crippen molar-refractivity contribution in [1.82, 2.24) is 9.38 Å². The molecule has 0 aromatic carbocycles. The Labute approximate surface area is 104 Å². The third kappa shape index (κ3) is 2.06. The fourth-order valence-corrected chi connectivity index (χ4v) is 2.79. The van der Waals surface area contributed by atoms with Gasteiger partial charge in [-0.25, -0.2) is 13.8 Å². The van der Waals surface area contributed by atoms with Crippen LogP contribution in [0.25, 0.3) is 4.96 Å². The van der Waals surface area contributed by atoms with Crippen LogP contribution in [0.15, 0.2) is 11.6 Å². The topological polar surface area (TPSA) is 20.5 Å². The summed E-state index contributed by atoms with van der Waals surface area (Å²) in [5.41, 5.74) is 0.902. The van der Waals surface area contributed by atoms with E-state index >= 15 is 0 Å². The van der Waals surface area contributed by atoms with Gasteiger partial charge in [0, 0.05) is 24.0 Å². The lowest BCUT2D eigenvalue weighted by molar-refractivity contribution is 0.156. The lowest BCUT2D eigenvalue weighted by Gasteiger charge is -2.16. The molecular formula is C9H10BrF2N3S. The number of halogens is 3. The quantitative estimate of drug-likeness (QED) is 0.809. The van der Waals surface area contributed by atoms with Crippen LogP contribution in [-0.4, -0.2) is 29.4 Å². The molecule has 0 saturated carbocycles. The second kappa shape index (κ2) is 4.67. The van der Waals surface area contributed by atoms with Crippen molar-refractivity contribution in [3.05, 3.63) is 17.3 Å². The smallest absolute Gasteiger partial charge is 0.255 e. The molecule has 0 aliphatic heterocycles. The molecule has 0 unspecified atom stereocenters. The molecule has 0 radical (unpaired) electrons. The molecule has 2 aromatic rings. The number of rotatable bonds is 4. The van der Waals surface area contributed by atoms with Gasteiger partial charge in [0.05, 0.1) is 12.2 Å². The van der Waals surface area contributed by atoms with Gasteiger partial charge in [0.25, 0.3) is 6.43 Å². The number of aromatic nitrogens is 2. The number of hydrogen-bond acceptors (Lipinski definition) is 3. The monoisotopic (exact) mass is 309 g/mol. The third-order valence-corrected chi connectivity index (χ3v) is 3.53. The van der Waals surface area contributed by atoms with E-state index < -0.39 is 6.43 Å². The zero-order valence-electron chi connectivity index (χ0n) is 8.53. The van der Waals surface area contributed by atoms with E-state index in [0.29, 0.717) is 11.1 Å². The van der Waals surface area contributed by atoms with Crippen molar-refractivity contribution in [1.29, 1.82) is 0 Å². The van der Waals surface area contributed by atoms with Crippen molar-refractivity contribution in [2.24, 2.45) is 0 Å². The van der Waals surface area contributed by atoms with E-state index in [1.165, 1.54) is 16.2 Å². The van der Waals surface area contributed by atoms with E-state index in [1.807, 2.05) is 16.0 Å². The third-order valence-electron chi connectivity index (χ3n) is 2.24. The summed E-state index contributed by atoms with van der Waals surface area (Å²) >= 11 is 4.85. The molecule has 0 saturated heterocycles. The highest BCUT2D eigenvalue weighted by Crippen LogP contribution is 2.26. The van der Waals surface area contributed by atoms with Gasteiger partial charge < -0.3 is 4.90 Å². The lowest BCUT2D eigenvalue weighted by Crippen LogP contribution is -2.25. The van der Waals surface area contributed by atoms with Crippen LogP contribution in [-0.2, 0) is 5.33 Å². The summed E-state index contributed by atoms with van der Waals surface area (Å²) in [4.78, 5) is 6.65. The number of nitrogens with zero attached hydrogens (tertiary/aromatic N) is 3. The minimum Gasteiger partial charge on any atom is -0.352 e. The fourth-order valence-electron chi connectivity index (χ4n) is 1.54. The predicted molar refractivity (Wildman–Crippen MR) is 65.0 cm³/mol. The Hall–Kier alpha value is -0.690. The molecule has 0 bridgehead atoms. The van der Waals surface area contributed by atoms with Gasteiger partial charge in [0.2, 0.25) is 0 Å². The zero-order valence-corrected chi connectivity index (χ0v) is 10.9. The highest BCUT2D eigenvalue weighted by atomic mass is 79.9. The number of hydrogen-bond donors (Lipinski definition) is 0. The van der Waals surface area contributed by atoms with Crippen LogP contribution in [0.3, 0.4) is 0 Å². The van der Waals surface area contributed by atoms with Crippen molar-refractivity contribution >= 4 is 38.0 Å². The van der Waals surface area contributed by atoms with Gasteiger partial charge in [-0.1, -0.05) is 15.9 Å². The van der Waals surface area contributed by atoms with Crippen LogP contribution >= 0.6 is 27.3 Å². The van der Waals surface area contributed by atoms with Crippen molar-refractivity contribution in [3.8, 4) is 0 Å². The van der Waals surface area contributed by atoms with E-state index in [4.69, 9.17) is 0 Å². The van der Waals surface area contributed by atoms with Crippen molar-refractivity contribution in [2.45, 2.75) is 11.8 Å². The number of imidazole rings is 1. The Kier molecular flexibility index (Phi) is 3.44. The SMILES string of the molecule is CN(CC(F)F)c1nc2sccn2c1CBr. The molecule has 0 atom stereocenters. The summed E-state index contributed by atoms with van der Waals surface area (Å²) in [5, 5.41) is 2.51. The van der Waals surface area contributed by atoms with Gasteiger partial charge in [0.1, 0.15) is 0 Å². The van der Waals surface area contributed by atoms with Crippen molar-refractivity contribution < 1.29 is 8.78 Å². The summed E-state index contributed by atoms with van der Waals surface area (Å²) in [6.07, 6.45) is -0.462. The van der Waals surface area contributed by atoms with Crippen LogP contribution in [0.5, 0.6) is 0 Å². The molecule has 0 amide bonds. The van der Waals surface area contributed by atoms with E-state index in [1.54, 1.807) is 7.05 Å². The molecule has 0 fully saturated rings. The highest BCUT2D eigenvalue weighted by Gasteiger charge is 2.17. The largest absolute Gasteiger partial charge is 0.352 e. The number of anilines is 1. The first-order valence-electron chi connectivity index (χ1n) is 4.63. The normalized spacial score (nSPS) is 11.6. The van der Waals surface area contributed by atoms with Crippen LogP contribution in [0.4, 0.5) is 14.6 Å². The summed E-state index contributed by atoms with van der Waals surface area (Å²) < 4.78 is 26.5. The Morgan fingerprint density at radius 2 is 2.38 bits per heavy atom. The molecular weight excluding hydrogens is 300 g/mol. The van der Waals surface area contributed by atoms with Gasteiger partial charge in [-0.05, 0) is 0 Å². The van der Waals surface area contributed by atoms with Gasteiger partial charge in [-0.15, -0.1) is 11.3 Å². The molecule has 0 spiro atoms. The second-order valence-electron chi connectivity index (χ2n) is 3.34. The molecule has 88 valence electrons. The Bertz CT molecular complexity index is 482. The Morgan fingerprint density at radius 1 is 1.62 bits per heavy atom. The van der Waals surface area contributed by atoms with Crippen LogP contribution in [0.2, 0.25) is 0 Å². The summed E-state index contributed by atoms with van der Waals surface area (Å²) in [5.74, 6) is 0.615. The second-order valence-corrected chi connectivity index (χ2v) is 4.78. The van der Waals surface area contributed by atoms with E-state index in [2.05, 4.69) is 20.9 Å². The highest BCUT2D eigenvalue weighted by molar-refractivity contribution is 9.08. The van der Waals surface area contributed by atoms with Gasteiger partial charge in [-0.2, -0.15) is 0 Å². The first kappa shape index (κ1) is 11.8. The summed E-state index contributed by atoms with van der Waals surface area (Å²) in [6, 6.07) is 0. The van der Waals surface area contributed by atoms with Crippen LogP contribution in [0.1, 0.15) is 5.69 Å². The summed E-state index contributed by atoms with van der Waals surface area (Å²) in [7, 11) is 1.63. The minimum absolute atomic E-state index is 0.301. The van der Waals surface area contributed by atoms with Crippen LogP contribution in [0, 0.1) is 0 Å². The van der Waals surface area contributed by atoms with E-state index in [0.717, 1.165) is 10.7 Å². The average molecular weight is 310 g/mol. The first-order valence-corrected chi connectivity index (χ1v) is 6.63. The van der Waals surface area contributed by atoms with E-state index in [-0.39, 0.29) is 6.54 Å². The van der Waals surface area contributed by atoms with Crippen molar-refractivity contribution in [2.75, 3.05) is 18.5 Å². The van der Waals surface area contributed by atoms with E-state index in [9.17, 15) is 8.78 Å². The molecule has 0 aliphatic rings. The van der Waals surface area contributed by atoms with Crippen LogP contribution < -0.4 is 4.90 Å². The maximum absolute atomic E-state index is 12.3. The number of alkyl halides is 3. The average Bonchev–Trinajstić information content (AvgIpc) is 2.74. The Morgan fingerprint density at radius 3 is 3.00 bits per heavy atom. The molecule has 2 heterocycles. The predicted octanol–water partition coefficient (Wildman–Crippen LogP) is 2.99. The molecule has 0 N–H and O–H groups in total. The summed E-state index contributed by atoms with van der Waals surface area (Å²) in [6.45, 7) is -0.301. The standard InChI is InChI=1S/C9H10BrF2N3S/c1-14(5-7(11)12)8-6(4-10)15-2-3-16-9(15)13-8/h2-3,7H,4-5H2,1H3. The minimum atomic E-state index is -2.35. The fraction of sp³-hybridized carbons (Fsp3) is 0.444. The molecule has 0 aliphatic carbocycles. The maximum atomic E-state index is 12.3. The lowest BCUT2D eigenvalue weighted by atomic mass is 10.4. The number of thiazole rings is 1. The molecule has 2 rings (SSSR count).